The van der Waals surface area contributed by atoms with E-state index in [1.54, 1.807) is 6.92 Å². The topological polar surface area (TPSA) is 81.5 Å². The van der Waals surface area contributed by atoms with Crippen molar-refractivity contribution < 1.29 is 14.5 Å². The second-order valence-electron chi connectivity index (χ2n) is 5.32. The van der Waals surface area contributed by atoms with E-state index in [1.165, 1.54) is 24.3 Å². The number of carbonyl (C=O) groups excluding carboxylic acids is 1. The highest BCUT2D eigenvalue weighted by Crippen LogP contribution is 2.20. The lowest BCUT2D eigenvalue weighted by Crippen LogP contribution is -2.30. The number of hydrogen-bond acceptors (Lipinski definition) is 4. The molecule has 6 heteroatoms. The minimum Gasteiger partial charge on any atom is -0.481 e. The highest BCUT2D eigenvalue weighted by molar-refractivity contribution is 5.94. The molecule has 23 heavy (non-hydrogen) atoms. The van der Waals surface area contributed by atoms with Crippen LogP contribution in [0.1, 0.15) is 18.1 Å². The van der Waals surface area contributed by atoms with Crippen molar-refractivity contribution in [3.05, 3.63) is 63.7 Å². The third-order valence-electron chi connectivity index (χ3n) is 3.38. The number of anilines is 1. The molecule has 0 fully saturated rings. The van der Waals surface area contributed by atoms with Gasteiger partial charge in [-0.25, -0.2) is 0 Å². The Morgan fingerprint density at radius 3 is 2.43 bits per heavy atom. The third kappa shape index (κ3) is 4.29. The lowest BCUT2D eigenvalue weighted by atomic mass is 10.1. The molecular formula is C17H18N2O4. The zero-order chi connectivity index (χ0) is 17.0. The summed E-state index contributed by atoms with van der Waals surface area (Å²) in [6.07, 6.45) is -0.726. The zero-order valence-electron chi connectivity index (χ0n) is 13.2. The van der Waals surface area contributed by atoms with Crippen LogP contribution < -0.4 is 10.1 Å². The van der Waals surface area contributed by atoms with E-state index in [1.807, 2.05) is 32.0 Å². The van der Waals surface area contributed by atoms with Gasteiger partial charge >= 0.3 is 0 Å². The first kappa shape index (κ1) is 16.5. The molecule has 0 aliphatic rings. The number of rotatable bonds is 5. The van der Waals surface area contributed by atoms with Crippen LogP contribution in [0.15, 0.2) is 42.5 Å². The smallest absolute Gasteiger partial charge is 0.269 e. The second-order valence-corrected chi connectivity index (χ2v) is 5.32. The fraction of sp³-hybridized carbons (Fsp3) is 0.235. The Bertz CT molecular complexity index is 726. The van der Waals surface area contributed by atoms with Crippen molar-refractivity contribution in [2.45, 2.75) is 26.9 Å². The summed E-state index contributed by atoms with van der Waals surface area (Å²) >= 11 is 0. The SMILES string of the molecule is Cc1ccc(C)c(NC(=O)C(C)Oc2ccc([N+](=O)[O-])cc2)c1. The molecule has 2 rings (SSSR count). The number of non-ortho nitro benzene ring substituents is 1. The van der Waals surface area contributed by atoms with Crippen LogP contribution in [0.4, 0.5) is 11.4 Å². The average molecular weight is 314 g/mol. The van der Waals surface area contributed by atoms with E-state index in [0.29, 0.717) is 5.75 Å². The van der Waals surface area contributed by atoms with Crippen molar-refractivity contribution in [3.8, 4) is 5.75 Å². The van der Waals surface area contributed by atoms with Gasteiger partial charge in [-0.1, -0.05) is 12.1 Å². The lowest BCUT2D eigenvalue weighted by molar-refractivity contribution is -0.384. The van der Waals surface area contributed by atoms with E-state index in [9.17, 15) is 14.9 Å². The Hall–Kier alpha value is -2.89. The summed E-state index contributed by atoms with van der Waals surface area (Å²) in [6.45, 7) is 5.49. The molecule has 0 radical (unpaired) electrons. The summed E-state index contributed by atoms with van der Waals surface area (Å²) in [5.74, 6) is 0.122. The molecule has 0 spiro atoms. The summed E-state index contributed by atoms with van der Waals surface area (Å²) < 4.78 is 5.52. The molecular weight excluding hydrogens is 296 g/mol. The number of aryl methyl sites for hydroxylation is 2. The fourth-order valence-electron chi connectivity index (χ4n) is 2.01. The van der Waals surface area contributed by atoms with Crippen LogP contribution in [-0.4, -0.2) is 16.9 Å². The number of ether oxygens (including phenoxy) is 1. The van der Waals surface area contributed by atoms with Gasteiger partial charge < -0.3 is 10.1 Å². The fourth-order valence-corrected chi connectivity index (χ4v) is 2.01. The van der Waals surface area contributed by atoms with Gasteiger partial charge in [0.05, 0.1) is 4.92 Å². The number of nitro groups is 1. The number of nitrogens with one attached hydrogen (secondary N) is 1. The zero-order valence-corrected chi connectivity index (χ0v) is 13.2. The molecule has 1 unspecified atom stereocenters. The maximum Gasteiger partial charge on any atom is 0.269 e. The number of benzene rings is 2. The van der Waals surface area contributed by atoms with Crippen LogP contribution >= 0.6 is 0 Å². The van der Waals surface area contributed by atoms with Gasteiger partial charge in [0.25, 0.3) is 11.6 Å². The molecule has 0 saturated carbocycles. The number of nitro benzene ring substituents is 1. The summed E-state index contributed by atoms with van der Waals surface area (Å²) in [6, 6.07) is 11.4. The van der Waals surface area contributed by atoms with Crippen molar-refractivity contribution in [1.29, 1.82) is 0 Å². The quantitative estimate of drug-likeness (QED) is 0.675. The van der Waals surface area contributed by atoms with Crippen LogP contribution in [-0.2, 0) is 4.79 Å². The Morgan fingerprint density at radius 2 is 1.83 bits per heavy atom. The Balaban J connectivity index is 2.02. The molecule has 0 aliphatic heterocycles. The normalized spacial score (nSPS) is 11.6. The summed E-state index contributed by atoms with van der Waals surface area (Å²) in [5.41, 5.74) is 2.74. The Kier molecular flexibility index (Phi) is 4.95. The first-order chi connectivity index (χ1) is 10.9. The van der Waals surface area contributed by atoms with Gasteiger partial charge in [-0.2, -0.15) is 0 Å². The van der Waals surface area contributed by atoms with Crippen LogP contribution in [0, 0.1) is 24.0 Å². The predicted octanol–water partition coefficient (Wildman–Crippen LogP) is 3.62. The average Bonchev–Trinajstić information content (AvgIpc) is 2.51. The monoisotopic (exact) mass is 314 g/mol. The molecule has 6 nitrogen and oxygen atoms in total. The van der Waals surface area contributed by atoms with Crippen molar-refractivity contribution in [3.63, 3.8) is 0 Å². The van der Waals surface area contributed by atoms with Crippen LogP contribution in [0.25, 0.3) is 0 Å². The van der Waals surface area contributed by atoms with Gasteiger partial charge in [0.1, 0.15) is 5.75 Å². The predicted molar refractivity (Wildman–Crippen MR) is 87.7 cm³/mol. The van der Waals surface area contributed by atoms with E-state index in [0.717, 1.165) is 16.8 Å². The molecule has 120 valence electrons. The maximum absolute atomic E-state index is 12.2. The Labute approximate surface area is 134 Å². The molecule has 0 aliphatic carbocycles. The molecule has 1 N–H and O–H groups in total. The van der Waals surface area contributed by atoms with E-state index >= 15 is 0 Å². The standard InChI is InChI=1S/C17H18N2O4/c1-11-4-5-12(2)16(10-11)18-17(20)13(3)23-15-8-6-14(7-9-15)19(21)22/h4-10,13H,1-3H3,(H,18,20). The van der Waals surface area contributed by atoms with Crippen LogP contribution in [0.3, 0.4) is 0 Å². The molecule has 0 bridgehead atoms. The highest BCUT2D eigenvalue weighted by atomic mass is 16.6. The van der Waals surface area contributed by atoms with Crippen molar-refractivity contribution in [2.75, 3.05) is 5.32 Å². The van der Waals surface area contributed by atoms with Gasteiger partial charge in [-0.05, 0) is 50.1 Å². The number of carbonyl (C=O) groups is 1. The molecule has 2 aromatic carbocycles. The highest BCUT2D eigenvalue weighted by Gasteiger charge is 2.16. The lowest BCUT2D eigenvalue weighted by Gasteiger charge is -2.16. The van der Waals surface area contributed by atoms with Gasteiger partial charge in [0.15, 0.2) is 6.10 Å². The molecule has 1 amide bonds. The molecule has 0 saturated heterocycles. The third-order valence-corrected chi connectivity index (χ3v) is 3.38. The number of hydrogen-bond donors (Lipinski definition) is 1. The van der Waals surface area contributed by atoms with Crippen molar-refractivity contribution in [1.82, 2.24) is 0 Å². The Morgan fingerprint density at radius 1 is 1.17 bits per heavy atom. The number of nitrogens with zero attached hydrogens (tertiary/aromatic N) is 1. The van der Waals surface area contributed by atoms with E-state index in [2.05, 4.69) is 5.32 Å². The molecule has 0 aromatic heterocycles. The van der Waals surface area contributed by atoms with Gasteiger partial charge in [0.2, 0.25) is 0 Å². The van der Waals surface area contributed by atoms with Gasteiger partial charge in [-0.3, -0.25) is 14.9 Å². The molecule has 2 aromatic rings. The van der Waals surface area contributed by atoms with E-state index in [-0.39, 0.29) is 11.6 Å². The van der Waals surface area contributed by atoms with Crippen molar-refractivity contribution in [2.24, 2.45) is 0 Å². The van der Waals surface area contributed by atoms with Crippen LogP contribution in [0.5, 0.6) is 5.75 Å². The molecule has 0 heterocycles. The first-order valence-electron chi connectivity index (χ1n) is 7.16. The summed E-state index contributed by atoms with van der Waals surface area (Å²) in [4.78, 5) is 22.3. The largest absolute Gasteiger partial charge is 0.481 e. The molecule has 1 atom stereocenters. The van der Waals surface area contributed by atoms with Gasteiger partial charge in [-0.15, -0.1) is 0 Å². The summed E-state index contributed by atoms with van der Waals surface area (Å²) in [5, 5.41) is 13.4. The summed E-state index contributed by atoms with van der Waals surface area (Å²) in [7, 11) is 0. The minimum absolute atomic E-state index is 0.0233. The second kappa shape index (κ2) is 6.91. The number of amides is 1. The first-order valence-corrected chi connectivity index (χ1v) is 7.16. The van der Waals surface area contributed by atoms with E-state index in [4.69, 9.17) is 4.74 Å². The van der Waals surface area contributed by atoms with Gasteiger partial charge in [0, 0.05) is 17.8 Å². The van der Waals surface area contributed by atoms with Crippen molar-refractivity contribution >= 4 is 17.3 Å². The van der Waals surface area contributed by atoms with Crippen LogP contribution in [0.2, 0.25) is 0 Å². The van der Waals surface area contributed by atoms with E-state index < -0.39 is 11.0 Å². The maximum atomic E-state index is 12.2. The minimum atomic E-state index is -0.726.